The minimum Gasteiger partial charge on any atom is -0.493 e. The van der Waals surface area contributed by atoms with E-state index in [0.29, 0.717) is 16.3 Å². The normalized spacial score (nSPS) is 11.8. The molecule has 236 valence electrons. The van der Waals surface area contributed by atoms with E-state index in [4.69, 9.17) is 32.7 Å². The predicted molar refractivity (Wildman–Crippen MR) is 176 cm³/mol. The predicted octanol–water partition coefficient (Wildman–Crippen LogP) is 5.59. The first-order chi connectivity index (χ1) is 21.6. The zero-order chi connectivity index (χ0) is 32.6. The van der Waals surface area contributed by atoms with Gasteiger partial charge in [-0.2, -0.15) is 0 Å². The van der Waals surface area contributed by atoms with E-state index in [-0.39, 0.29) is 34.3 Å². The average molecular weight is 671 g/mol. The second-order valence-electron chi connectivity index (χ2n) is 9.95. The third kappa shape index (κ3) is 8.08. The summed E-state index contributed by atoms with van der Waals surface area (Å²) in [6.45, 7) is -0.649. The molecule has 0 heterocycles. The number of hydrogen-bond acceptors (Lipinski definition) is 6. The number of likely N-dealkylation sites (N-methyl/N-ethyl adjacent to an activating group) is 1. The van der Waals surface area contributed by atoms with E-state index in [2.05, 4.69) is 5.32 Å². The zero-order valence-corrected chi connectivity index (χ0v) is 27.3. The quantitative estimate of drug-likeness (QED) is 0.199. The molecule has 0 aromatic heterocycles. The van der Waals surface area contributed by atoms with Crippen LogP contribution in [-0.4, -0.2) is 59.0 Å². The van der Waals surface area contributed by atoms with Crippen LogP contribution in [0, 0.1) is 0 Å². The van der Waals surface area contributed by atoms with E-state index in [1.807, 2.05) is 30.3 Å². The fourth-order valence-electron chi connectivity index (χ4n) is 4.78. The van der Waals surface area contributed by atoms with Gasteiger partial charge in [0, 0.05) is 26.1 Å². The van der Waals surface area contributed by atoms with Gasteiger partial charge in [0.2, 0.25) is 11.8 Å². The third-order valence-corrected chi connectivity index (χ3v) is 9.63. The first-order valence-electron chi connectivity index (χ1n) is 13.9. The van der Waals surface area contributed by atoms with Gasteiger partial charge in [0.1, 0.15) is 12.6 Å². The Hall–Kier alpha value is -4.25. The van der Waals surface area contributed by atoms with Crippen LogP contribution in [0.25, 0.3) is 0 Å². The van der Waals surface area contributed by atoms with Crippen molar-refractivity contribution < 1.29 is 27.5 Å². The standard InChI is InChI=1S/C33H33Cl2N3O6S/c1-36-33(40)29(19-23-10-6-4-7-11-23)37(21-24-14-16-27(34)28(35)18-24)32(39)22-38(25-12-8-5-9-13-25)45(41,42)26-15-17-30(43-2)31(20-26)44-3/h4-18,20,29H,19,21-22H2,1-3H3,(H,36,40)/t29-/m1/s1. The summed E-state index contributed by atoms with van der Waals surface area (Å²) in [5.74, 6) is -0.470. The summed E-state index contributed by atoms with van der Waals surface area (Å²) in [6.07, 6.45) is 0.182. The number of methoxy groups -OCH3 is 2. The number of halogens is 2. The Balaban J connectivity index is 1.80. The summed E-state index contributed by atoms with van der Waals surface area (Å²) >= 11 is 12.4. The molecule has 0 bridgehead atoms. The van der Waals surface area contributed by atoms with Crippen molar-refractivity contribution in [3.05, 3.63) is 118 Å². The summed E-state index contributed by atoms with van der Waals surface area (Å²) < 4.78 is 40.0. The number of hydrogen-bond donors (Lipinski definition) is 1. The molecular formula is C33H33Cl2N3O6S. The van der Waals surface area contributed by atoms with Gasteiger partial charge in [0.25, 0.3) is 10.0 Å². The van der Waals surface area contributed by atoms with E-state index in [9.17, 15) is 18.0 Å². The van der Waals surface area contributed by atoms with Gasteiger partial charge in [0.15, 0.2) is 11.5 Å². The number of nitrogens with one attached hydrogen (secondary N) is 1. The lowest BCUT2D eigenvalue weighted by Gasteiger charge is -2.33. The molecule has 0 spiro atoms. The van der Waals surface area contributed by atoms with Gasteiger partial charge in [0.05, 0.1) is 34.8 Å². The smallest absolute Gasteiger partial charge is 0.264 e. The maximum atomic E-state index is 14.4. The lowest BCUT2D eigenvalue weighted by atomic mass is 10.0. The van der Waals surface area contributed by atoms with Crippen molar-refractivity contribution in [3.63, 3.8) is 0 Å². The third-order valence-electron chi connectivity index (χ3n) is 7.12. The second kappa shape index (κ2) is 15.2. The molecule has 2 amide bonds. The zero-order valence-electron chi connectivity index (χ0n) is 24.9. The molecule has 0 aliphatic heterocycles. The highest BCUT2D eigenvalue weighted by atomic mass is 35.5. The summed E-state index contributed by atoms with van der Waals surface area (Å²) in [5, 5.41) is 3.27. The molecule has 1 N–H and O–H groups in total. The first-order valence-corrected chi connectivity index (χ1v) is 16.1. The molecule has 0 aliphatic rings. The van der Waals surface area contributed by atoms with Crippen molar-refractivity contribution >= 4 is 50.7 Å². The summed E-state index contributed by atoms with van der Waals surface area (Å²) in [7, 11) is 0.00959. The van der Waals surface area contributed by atoms with Crippen LogP contribution in [0.1, 0.15) is 11.1 Å². The molecule has 0 fully saturated rings. The minimum absolute atomic E-state index is 0.0420. The molecule has 0 saturated carbocycles. The Morgan fingerprint density at radius 1 is 0.800 bits per heavy atom. The van der Waals surface area contributed by atoms with Gasteiger partial charge in [-0.25, -0.2) is 8.42 Å². The number of anilines is 1. The number of nitrogens with zero attached hydrogens (tertiary/aromatic N) is 2. The number of carbonyl (C=O) groups excluding carboxylic acids is 2. The second-order valence-corrected chi connectivity index (χ2v) is 12.6. The van der Waals surface area contributed by atoms with E-state index in [1.165, 1.54) is 44.4 Å². The lowest BCUT2D eigenvalue weighted by molar-refractivity contribution is -0.139. The van der Waals surface area contributed by atoms with E-state index >= 15 is 0 Å². The Morgan fingerprint density at radius 2 is 1.44 bits per heavy atom. The maximum absolute atomic E-state index is 14.4. The van der Waals surface area contributed by atoms with Crippen LogP contribution in [0.5, 0.6) is 11.5 Å². The highest BCUT2D eigenvalue weighted by Crippen LogP contribution is 2.32. The number of carbonyl (C=O) groups is 2. The highest BCUT2D eigenvalue weighted by molar-refractivity contribution is 7.92. The lowest BCUT2D eigenvalue weighted by Crippen LogP contribution is -2.53. The van der Waals surface area contributed by atoms with Gasteiger partial charge in [-0.1, -0.05) is 77.8 Å². The Bertz CT molecular complexity index is 1740. The summed E-state index contributed by atoms with van der Waals surface area (Å²) in [5.41, 5.74) is 1.68. The van der Waals surface area contributed by atoms with Crippen molar-refractivity contribution in [2.45, 2.75) is 23.9 Å². The number of amides is 2. The molecule has 4 aromatic carbocycles. The topological polar surface area (TPSA) is 105 Å². The SMILES string of the molecule is CNC(=O)[C@@H](Cc1ccccc1)N(Cc1ccc(Cl)c(Cl)c1)C(=O)CN(c1ccccc1)S(=O)(=O)c1ccc(OC)c(OC)c1. The van der Waals surface area contributed by atoms with Crippen LogP contribution in [0.4, 0.5) is 5.69 Å². The van der Waals surface area contributed by atoms with E-state index in [0.717, 1.165) is 9.87 Å². The van der Waals surface area contributed by atoms with Gasteiger partial charge in [-0.05, 0) is 47.5 Å². The Labute approximate surface area is 273 Å². The molecule has 4 aromatic rings. The number of para-hydroxylation sites is 1. The fraction of sp³-hybridized carbons (Fsp3) is 0.212. The summed E-state index contributed by atoms with van der Waals surface area (Å²) in [4.78, 5) is 29.0. The van der Waals surface area contributed by atoms with Crippen LogP contribution in [-0.2, 0) is 32.6 Å². The van der Waals surface area contributed by atoms with Gasteiger partial charge >= 0.3 is 0 Å². The van der Waals surface area contributed by atoms with Crippen molar-refractivity contribution in [3.8, 4) is 11.5 Å². The largest absolute Gasteiger partial charge is 0.493 e. The van der Waals surface area contributed by atoms with Crippen LogP contribution < -0.4 is 19.1 Å². The number of ether oxygens (including phenoxy) is 2. The van der Waals surface area contributed by atoms with Crippen molar-refractivity contribution in [2.75, 3.05) is 32.1 Å². The monoisotopic (exact) mass is 669 g/mol. The molecule has 0 radical (unpaired) electrons. The van der Waals surface area contributed by atoms with Gasteiger partial charge in [-0.3, -0.25) is 13.9 Å². The molecule has 12 heteroatoms. The van der Waals surface area contributed by atoms with Crippen LogP contribution >= 0.6 is 23.2 Å². The van der Waals surface area contributed by atoms with E-state index in [1.54, 1.807) is 48.5 Å². The first kappa shape index (κ1) is 33.6. The minimum atomic E-state index is -4.32. The summed E-state index contributed by atoms with van der Waals surface area (Å²) in [6, 6.07) is 25.7. The van der Waals surface area contributed by atoms with Crippen LogP contribution in [0.15, 0.2) is 102 Å². The maximum Gasteiger partial charge on any atom is 0.264 e. The van der Waals surface area contributed by atoms with Crippen LogP contribution in [0.3, 0.4) is 0 Å². The molecule has 1 atom stereocenters. The Morgan fingerprint density at radius 3 is 2.04 bits per heavy atom. The molecule has 0 unspecified atom stereocenters. The number of benzene rings is 4. The molecular weight excluding hydrogens is 637 g/mol. The fourth-order valence-corrected chi connectivity index (χ4v) is 6.53. The molecule has 45 heavy (non-hydrogen) atoms. The Kier molecular flexibility index (Phi) is 11.3. The average Bonchev–Trinajstić information content (AvgIpc) is 3.06. The van der Waals surface area contributed by atoms with Crippen LogP contribution in [0.2, 0.25) is 10.0 Å². The molecule has 0 aliphatic carbocycles. The molecule has 4 rings (SSSR count). The number of rotatable bonds is 13. The van der Waals surface area contributed by atoms with Gasteiger partial charge < -0.3 is 19.7 Å². The van der Waals surface area contributed by atoms with Crippen molar-refractivity contribution in [2.24, 2.45) is 0 Å². The van der Waals surface area contributed by atoms with Gasteiger partial charge in [-0.15, -0.1) is 0 Å². The number of sulfonamides is 1. The highest BCUT2D eigenvalue weighted by Gasteiger charge is 2.34. The molecule has 0 saturated heterocycles. The van der Waals surface area contributed by atoms with Crippen molar-refractivity contribution in [1.82, 2.24) is 10.2 Å². The van der Waals surface area contributed by atoms with E-state index < -0.39 is 34.4 Å². The molecule has 9 nitrogen and oxygen atoms in total. The van der Waals surface area contributed by atoms with Crippen molar-refractivity contribution in [1.29, 1.82) is 0 Å².